The highest BCUT2D eigenvalue weighted by atomic mass is 31.2. The summed E-state index contributed by atoms with van der Waals surface area (Å²) >= 11 is 0. The van der Waals surface area contributed by atoms with Crippen LogP contribution in [-0.4, -0.2) is 11.5 Å². The SMILES string of the molecule is CCCCCCCCOP(=O)(O)c1ccccc1C. The first-order valence-electron chi connectivity index (χ1n) is 7.11. The van der Waals surface area contributed by atoms with E-state index in [1.54, 1.807) is 12.1 Å². The van der Waals surface area contributed by atoms with E-state index in [1.165, 1.54) is 25.7 Å². The zero-order chi connectivity index (χ0) is 14.1. The number of benzene rings is 1. The van der Waals surface area contributed by atoms with Gasteiger partial charge in [0, 0.05) is 0 Å². The van der Waals surface area contributed by atoms with Gasteiger partial charge in [0.2, 0.25) is 0 Å². The number of hydrogen-bond acceptors (Lipinski definition) is 2. The molecule has 3 nitrogen and oxygen atoms in total. The third-order valence-electron chi connectivity index (χ3n) is 3.18. The second-order valence-electron chi connectivity index (χ2n) is 4.91. The third kappa shape index (κ3) is 5.90. The lowest BCUT2D eigenvalue weighted by atomic mass is 10.1. The summed E-state index contributed by atoms with van der Waals surface area (Å²) in [5.41, 5.74) is 0.802. The third-order valence-corrected chi connectivity index (χ3v) is 4.83. The fraction of sp³-hybridized carbons (Fsp3) is 0.600. The average molecular weight is 284 g/mol. The highest BCUT2D eigenvalue weighted by Crippen LogP contribution is 2.41. The molecule has 0 radical (unpaired) electrons. The van der Waals surface area contributed by atoms with Crippen LogP contribution in [0.1, 0.15) is 51.0 Å². The molecule has 0 heterocycles. The maximum Gasteiger partial charge on any atom is 0.359 e. The van der Waals surface area contributed by atoms with Gasteiger partial charge in [0.05, 0.1) is 11.9 Å². The molecule has 0 spiro atoms. The van der Waals surface area contributed by atoms with Crippen molar-refractivity contribution in [1.82, 2.24) is 0 Å². The van der Waals surface area contributed by atoms with Crippen LogP contribution in [-0.2, 0) is 9.09 Å². The van der Waals surface area contributed by atoms with Crippen LogP contribution in [0.25, 0.3) is 0 Å². The van der Waals surface area contributed by atoms with Crippen LogP contribution in [0.5, 0.6) is 0 Å². The lowest BCUT2D eigenvalue weighted by Crippen LogP contribution is -2.11. The van der Waals surface area contributed by atoms with E-state index in [-0.39, 0.29) is 0 Å². The fourth-order valence-corrected chi connectivity index (χ4v) is 3.33. The van der Waals surface area contributed by atoms with Crippen LogP contribution in [0.3, 0.4) is 0 Å². The van der Waals surface area contributed by atoms with Gasteiger partial charge < -0.3 is 9.42 Å². The topological polar surface area (TPSA) is 46.5 Å². The predicted octanol–water partition coefficient (Wildman–Crippen LogP) is 4.18. The monoisotopic (exact) mass is 284 g/mol. The van der Waals surface area contributed by atoms with Crippen molar-refractivity contribution in [1.29, 1.82) is 0 Å². The zero-order valence-electron chi connectivity index (χ0n) is 12.0. The quantitative estimate of drug-likeness (QED) is 0.546. The molecule has 0 amide bonds. The van der Waals surface area contributed by atoms with Crippen molar-refractivity contribution in [3.05, 3.63) is 29.8 Å². The Kier molecular flexibility index (Phi) is 7.37. The molecular formula is C15H25O3P. The summed E-state index contributed by atoms with van der Waals surface area (Å²) in [6.07, 6.45) is 6.83. The van der Waals surface area contributed by atoms with Gasteiger partial charge in [0.25, 0.3) is 0 Å². The van der Waals surface area contributed by atoms with Crippen LogP contribution in [0.4, 0.5) is 0 Å². The molecule has 1 aromatic rings. The largest absolute Gasteiger partial charge is 0.359 e. The van der Waals surface area contributed by atoms with Crippen LogP contribution >= 0.6 is 7.60 Å². The smallest absolute Gasteiger partial charge is 0.321 e. The second kappa shape index (κ2) is 8.52. The Morgan fingerprint density at radius 3 is 2.42 bits per heavy atom. The van der Waals surface area contributed by atoms with Crippen molar-refractivity contribution in [2.45, 2.75) is 52.4 Å². The molecule has 1 atom stereocenters. The van der Waals surface area contributed by atoms with Gasteiger partial charge in [-0.15, -0.1) is 0 Å². The Labute approximate surface area is 116 Å². The molecule has 0 bridgehead atoms. The highest BCUT2D eigenvalue weighted by Gasteiger charge is 2.23. The van der Waals surface area contributed by atoms with E-state index in [9.17, 15) is 9.46 Å². The van der Waals surface area contributed by atoms with Crippen LogP contribution in [0, 0.1) is 6.92 Å². The van der Waals surface area contributed by atoms with Crippen LogP contribution in [0.15, 0.2) is 24.3 Å². The Bertz CT molecular complexity index is 418. The van der Waals surface area contributed by atoms with E-state index in [1.807, 2.05) is 19.1 Å². The Balaban J connectivity index is 2.32. The maximum atomic E-state index is 12.1. The van der Waals surface area contributed by atoms with Crippen molar-refractivity contribution in [2.75, 3.05) is 6.61 Å². The predicted molar refractivity (Wildman–Crippen MR) is 80.0 cm³/mol. The molecule has 0 saturated carbocycles. The minimum atomic E-state index is -3.64. The molecule has 108 valence electrons. The van der Waals surface area contributed by atoms with E-state index in [0.717, 1.165) is 18.4 Å². The van der Waals surface area contributed by atoms with Gasteiger partial charge in [-0.25, -0.2) is 0 Å². The molecule has 0 aromatic heterocycles. The first-order valence-corrected chi connectivity index (χ1v) is 8.69. The van der Waals surface area contributed by atoms with Gasteiger partial charge in [-0.2, -0.15) is 0 Å². The van der Waals surface area contributed by atoms with Crippen molar-refractivity contribution < 1.29 is 14.0 Å². The van der Waals surface area contributed by atoms with Gasteiger partial charge in [0.15, 0.2) is 0 Å². The minimum absolute atomic E-state index is 0.355. The molecular weight excluding hydrogens is 259 g/mol. The number of rotatable bonds is 9. The first kappa shape index (κ1) is 16.4. The summed E-state index contributed by atoms with van der Waals surface area (Å²) in [4.78, 5) is 9.94. The molecule has 0 aliphatic carbocycles. The molecule has 0 saturated heterocycles. The number of aryl methyl sites for hydroxylation is 1. The molecule has 4 heteroatoms. The van der Waals surface area contributed by atoms with Crippen LogP contribution < -0.4 is 5.30 Å². The Morgan fingerprint density at radius 2 is 1.74 bits per heavy atom. The van der Waals surface area contributed by atoms with Gasteiger partial charge in [-0.05, 0) is 25.0 Å². The summed E-state index contributed by atoms with van der Waals surface area (Å²) in [7, 11) is -3.64. The molecule has 1 N–H and O–H groups in total. The lowest BCUT2D eigenvalue weighted by Gasteiger charge is -2.14. The van der Waals surface area contributed by atoms with Gasteiger partial charge in [-0.1, -0.05) is 57.2 Å². The fourth-order valence-electron chi connectivity index (χ4n) is 2.02. The average Bonchev–Trinajstić information content (AvgIpc) is 2.38. The normalized spacial score (nSPS) is 14.3. The summed E-state index contributed by atoms with van der Waals surface area (Å²) < 4.78 is 17.3. The maximum absolute atomic E-state index is 12.1. The molecule has 1 aromatic carbocycles. The molecule has 19 heavy (non-hydrogen) atoms. The molecule has 0 fully saturated rings. The standard InChI is InChI=1S/C15H25O3P/c1-3-4-5-6-7-10-13-18-19(16,17)15-12-9-8-11-14(15)2/h8-9,11-12H,3-7,10,13H2,1-2H3,(H,16,17). The summed E-state index contributed by atoms with van der Waals surface area (Å²) in [6, 6.07) is 7.11. The first-order chi connectivity index (χ1) is 9.08. The van der Waals surface area contributed by atoms with Crippen molar-refractivity contribution in [3.63, 3.8) is 0 Å². The van der Waals surface area contributed by atoms with Gasteiger partial charge >= 0.3 is 7.60 Å². The van der Waals surface area contributed by atoms with E-state index >= 15 is 0 Å². The minimum Gasteiger partial charge on any atom is -0.321 e. The van der Waals surface area contributed by atoms with Gasteiger partial charge in [0.1, 0.15) is 0 Å². The van der Waals surface area contributed by atoms with Crippen molar-refractivity contribution in [3.8, 4) is 0 Å². The van der Waals surface area contributed by atoms with Crippen LogP contribution in [0.2, 0.25) is 0 Å². The summed E-state index contributed by atoms with van der Waals surface area (Å²) in [5.74, 6) is 0. The van der Waals surface area contributed by atoms with E-state index in [2.05, 4.69) is 6.92 Å². The number of unbranched alkanes of at least 4 members (excludes halogenated alkanes) is 5. The van der Waals surface area contributed by atoms with Gasteiger partial charge in [-0.3, -0.25) is 4.57 Å². The van der Waals surface area contributed by atoms with Crippen molar-refractivity contribution in [2.24, 2.45) is 0 Å². The summed E-state index contributed by atoms with van der Waals surface area (Å²) in [6.45, 7) is 4.37. The Morgan fingerprint density at radius 1 is 1.11 bits per heavy atom. The highest BCUT2D eigenvalue weighted by molar-refractivity contribution is 7.61. The van der Waals surface area contributed by atoms with E-state index < -0.39 is 7.60 Å². The lowest BCUT2D eigenvalue weighted by molar-refractivity contribution is 0.261. The summed E-state index contributed by atoms with van der Waals surface area (Å²) in [5, 5.41) is 0.418. The van der Waals surface area contributed by atoms with E-state index in [4.69, 9.17) is 4.52 Å². The molecule has 1 unspecified atom stereocenters. The van der Waals surface area contributed by atoms with E-state index in [0.29, 0.717) is 11.9 Å². The number of hydrogen-bond donors (Lipinski definition) is 1. The van der Waals surface area contributed by atoms with Crippen molar-refractivity contribution >= 4 is 12.9 Å². The second-order valence-corrected chi connectivity index (χ2v) is 6.69. The zero-order valence-corrected chi connectivity index (χ0v) is 12.9. The molecule has 1 rings (SSSR count). The molecule has 0 aliphatic heterocycles. The molecule has 0 aliphatic rings. The Hall–Kier alpha value is -0.630.